The van der Waals surface area contributed by atoms with Gasteiger partial charge in [0.15, 0.2) is 17.5 Å². The summed E-state index contributed by atoms with van der Waals surface area (Å²) in [7, 11) is 0. The summed E-state index contributed by atoms with van der Waals surface area (Å²) in [5.74, 6) is -8.58. The van der Waals surface area contributed by atoms with Crippen LogP contribution in [0.1, 0.15) is 73.2 Å². The molecule has 344 valence electrons. The number of Topliss-reactive ketones (excluding diaryl/α,β-unsaturated/α-hetero) is 1. The molecule has 1 amide bonds. The van der Waals surface area contributed by atoms with Gasteiger partial charge in [-0.2, -0.15) is 0 Å². The van der Waals surface area contributed by atoms with E-state index in [9.17, 15) is 39.0 Å². The van der Waals surface area contributed by atoms with Gasteiger partial charge in [0.05, 0.1) is 35.6 Å². The number of halogens is 1. The Bertz CT molecular complexity index is 2360. The number of ether oxygens (including phenoxy) is 6. The molecule has 1 aliphatic heterocycles. The van der Waals surface area contributed by atoms with Gasteiger partial charge < -0.3 is 44.0 Å². The van der Waals surface area contributed by atoms with E-state index >= 15 is 4.79 Å². The van der Waals surface area contributed by atoms with Crippen molar-refractivity contribution in [2.24, 2.45) is 11.3 Å². The predicted octanol–water partition coefficient (Wildman–Crippen LogP) is 3.76. The van der Waals surface area contributed by atoms with Crippen molar-refractivity contribution in [3.05, 3.63) is 119 Å². The number of benzene rings is 3. The van der Waals surface area contributed by atoms with E-state index in [0.717, 1.165) is 13.8 Å². The van der Waals surface area contributed by atoms with E-state index in [-0.39, 0.29) is 41.7 Å². The second kappa shape index (κ2) is 18.9. The lowest BCUT2D eigenvalue weighted by Gasteiger charge is -2.65. The van der Waals surface area contributed by atoms with Crippen molar-refractivity contribution in [3.63, 3.8) is 0 Å². The van der Waals surface area contributed by atoms with Gasteiger partial charge in [0, 0.05) is 38.7 Å². The van der Waals surface area contributed by atoms with E-state index in [1.54, 1.807) is 78.9 Å². The molecule has 0 unspecified atom stereocenters. The van der Waals surface area contributed by atoms with E-state index in [4.69, 9.17) is 40.0 Å². The normalized spacial score (nSPS) is 30.0. The molecule has 3 fully saturated rings. The third kappa shape index (κ3) is 9.17. The Balaban J connectivity index is 1.36. The number of rotatable bonds is 13. The summed E-state index contributed by atoms with van der Waals surface area (Å²) in [6.07, 6.45) is -10.9. The monoisotopic (exact) mass is 915 g/mol. The second-order valence-corrected chi connectivity index (χ2v) is 17.5. The van der Waals surface area contributed by atoms with Crippen molar-refractivity contribution in [3.8, 4) is 0 Å². The fraction of sp³-hybridized carbons (Fsp3) is 0.438. The van der Waals surface area contributed by atoms with Gasteiger partial charge in [-0.3, -0.25) is 24.0 Å². The lowest BCUT2D eigenvalue weighted by molar-refractivity contribution is -0.340. The molecule has 65 heavy (non-hydrogen) atoms. The smallest absolute Gasteiger partial charge is 0.350 e. The highest BCUT2D eigenvalue weighted by molar-refractivity contribution is 6.26. The van der Waals surface area contributed by atoms with Crippen LogP contribution in [0.3, 0.4) is 0 Å². The Kier molecular flexibility index (Phi) is 13.7. The molecule has 3 N–H and O–H groups in total. The molecule has 17 heteroatoms. The van der Waals surface area contributed by atoms with Gasteiger partial charge >= 0.3 is 29.8 Å². The molecule has 16 nitrogen and oxygen atoms in total. The first-order chi connectivity index (χ1) is 30.9. The van der Waals surface area contributed by atoms with Crippen molar-refractivity contribution in [2.75, 3.05) is 12.5 Å². The summed E-state index contributed by atoms with van der Waals surface area (Å²) in [4.78, 5) is 96.7. The van der Waals surface area contributed by atoms with Crippen molar-refractivity contribution >= 4 is 53.1 Å². The number of aliphatic hydroxyl groups is 2. The summed E-state index contributed by atoms with van der Waals surface area (Å²) < 4.78 is 35.8. The number of hydrogen-bond acceptors (Lipinski definition) is 15. The maximum Gasteiger partial charge on any atom is 0.350 e. The minimum Gasteiger partial charge on any atom is -0.455 e. The average Bonchev–Trinajstić information content (AvgIpc) is 3.28. The van der Waals surface area contributed by atoms with Crippen LogP contribution in [0.5, 0.6) is 0 Å². The van der Waals surface area contributed by atoms with Crippen LogP contribution in [-0.2, 0) is 58.8 Å². The van der Waals surface area contributed by atoms with Crippen LogP contribution >= 0.6 is 11.6 Å². The molecule has 3 aromatic rings. The molecule has 3 aliphatic carbocycles. The largest absolute Gasteiger partial charge is 0.455 e. The molecule has 7 rings (SSSR count). The number of amides is 1. The highest BCUT2D eigenvalue weighted by Gasteiger charge is 2.76. The number of alkyl halides is 1. The zero-order chi connectivity index (χ0) is 46.8. The van der Waals surface area contributed by atoms with E-state index in [1.807, 2.05) is 0 Å². The van der Waals surface area contributed by atoms with Crippen LogP contribution in [0.2, 0.25) is 0 Å². The quantitative estimate of drug-likeness (QED) is 0.0961. The Labute approximate surface area is 379 Å². The predicted molar refractivity (Wildman–Crippen MR) is 228 cm³/mol. The zero-order valence-electron chi connectivity index (χ0n) is 36.1. The van der Waals surface area contributed by atoms with Crippen molar-refractivity contribution in [1.82, 2.24) is 5.32 Å². The van der Waals surface area contributed by atoms with Gasteiger partial charge in [-0.25, -0.2) is 9.59 Å². The SMILES string of the molecule is CC(=O)O[C@H]1C(=O)[C@@]2(C)[C@H]([C@H](OC(=O)c3ccccc3)[C@@]3(O)CC1=C(C)[C@@H](OC(=O)[C@H](OC(=O)CCl)[C@H](Cc1ccccc1)NC(=O)c1ccccc1)C3)[C@]1(OC(C)=O)CO[C@@H]1C[C@@H]2O. The molecule has 0 spiro atoms. The summed E-state index contributed by atoms with van der Waals surface area (Å²) in [6, 6.07) is 23.4. The number of hydrogen-bond donors (Lipinski definition) is 3. The molecular weight excluding hydrogens is 866 g/mol. The van der Waals surface area contributed by atoms with E-state index in [2.05, 4.69) is 5.32 Å². The molecule has 11 atom stereocenters. The third-order valence-electron chi connectivity index (χ3n) is 13.0. The van der Waals surface area contributed by atoms with E-state index in [1.165, 1.54) is 26.0 Å². The number of nitrogens with one attached hydrogen (secondary N) is 1. The van der Waals surface area contributed by atoms with Crippen LogP contribution in [0.4, 0.5) is 0 Å². The standard InChI is InChI=1S/C48H50ClNO15/c1-26-32-22-47(59,23-34(26)62-45(58)39(63-37(54)24-49)33(20-29-14-8-5-9-15-29)50-43(56)30-16-10-6-11-17-30)42(64-44(57)31-18-12-7-13-19-31)40-46(4,41(55)38(32)61-27(2)51)35(53)21-36-48(40,25-60-36)65-28(3)52/h5-19,33-36,38-40,42,53,59H,20-25H2,1-4H3,(H,50,56)/t33-,34-,35-,36+,38+,39+,40-,42-,46+,47+,48-/m0/s1. The topological polar surface area (TPSA) is 227 Å². The van der Waals surface area contributed by atoms with E-state index < -0.39 is 125 Å². The Hall–Kier alpha value is -5.94. The van der Waals surface area contributed by atoms with Gasteiger partial charge in [-0.15, -0.1) is 11.6 Å². The van der Waals surface area contributed by atoms with Crippen molar-refractivity contribution in [2.45, 2.75) is 107 Å². The van der Waals surface area contributed by atoms with Crippen molar-refractivity contribution in [1.29, 1.82) is 0 Å². The minimum absolute atomic E-state index is 0.0228. The van der Waals surface area contributed by atoms with Gasteiger partial charge in [0.25, 0.3) is 5.91 Å². The first kappa shape index (κ1) is 47.0. The number of esters is 5. The summed E-state index contributed by atoms with van der Waals surface area (Å²) >= 11 is 5.89. The fourth-order valence-electron chi connectivity index (χ4n) is 9.86. The third-order valence-corrected chi connectivity index (χ3v) is 13.3. The Morgan fingerprint density at radius 3 is 2.06 bits per heavy atom. The number of fused-ring (bicyclic) bond motifs is 5. The van der Waals surface area contributed by atoms with Crippen LogP contribution in [0, 0.1) is 11.3 Å². The molecule has 2 bridgehead atoms. The van der Waals surface area contributed by atoms with Gasteiger partial charge in [0.1, 0.15) is 29.8 Å². The molecule has 0 radical (unpaired) electrons. The molecular formula is C48H50ClNO15. The molecule has 0 aromatic heterocycles. The first-order valence-corrected chi connectivity index (χ1v) is 21.7. The molecule has 1 saturated heterocycles. The van der Waals surface area contributed by atoms with Crippen LogP contribution < -0.4 is 5.32 Å². The summed E-state index contributed by atoms with van der Waals surface area (Å²) in [5.41, 5.74) is -5.10. The zero-order valence-corrected chi connectivity index (χ0v) is 36.9. The van der Waals surface area contributed by atoms with E-state index in [0.29, 0.717) is 5.56 Å². The Morgan fingerprint density at radius 2 is 1.49 bits per heavy atom. The van der Waals surface area contributed by atoms with Gasteiger partial charge in [0.2, 0.25) is 6.10 Å². The Morgan fingerprint density at radius 1 is 0.877 bits per heavy atom. The fourth-order valence-corrected chi connectivity index (χ4v) is 9.93. The van der Waals surface area contributed by atoms with Gasteiger partial charge in [-0.1, -0.05) is 66.7 Å². The first-order valence-electron chi connectivity index (χ1n) is 21.2. The maximum atomic E-state index is 15.3. The van der Waals surface area contributed by atoms with Crippen LogP contribution in [0.15, 0.2) is 102 Å². The number of carbonyl (C=O) groups excluding carboxylic acids is 7. The molecule has 4 aliphatic rings. The lowest BCUT2D eigenvalue weighted by atomic mass is 9.48. The number of aliphatic hydroxyl groups excluding tert-OH is 1. The molecule has 1 heterocycles. The van der Waals surface area contributed by atoms with Crippen molar-refractivity contribution < 1.29 is 72.2 Å². The number of ketones is 1. The average molecular weight is 916 g/mol. The maximum absolute atomic E-state index is 15.3. The van der Waals surface area contributed by atoms with Crippen LogP contribution in [-0.4, -0.2) is 118 Å². The summed E-state index contributed by atoms with van der Waals surface area (Å²) in [5, 5.41) is 28.1. The highest BCUT2D eigenvalue weighted by atomic mass is 35.5. The minimum atomic E-state index is -2.34. The summed E-state index contributed by atoms with van der Waals surface area (Å²) in [6.45, 7) is 4.76. The van der Waals surface area contributed by atoms with Gasteiger partial charge in [-0.05, 0) is 61.2 Å². The highest BCUT2D eigenvalue weighted by Crippen LogP contribution is 2.61. The molecule has 3 aromatic carbocycles. The number of carbonyl (C=O) groups is 7. The second-order valence-electron chi connectivity index (χ2n) is 17.2. The lowest BCUT2D eigenvalue weighted by Crippen LogP contribution is -2.80. The molecule has 2 saturated carbocycles. The van der Waals surface area contributed by atoms with Crippen LogP contribution in [0.25, 0.3) is 0 Å².